The van der Waals surface area contributed by atoms with Gasteiger partial charge in [-0.1, -0.05) is 26.0 Å². The number of hydrogen-bond donors (Lipinski definition) is 2. The highest BCUT2D eigenvalue weighted by molar-refractivity contribution is 5.92. The predicted molar refractivity (Wildman–Crippen MR) is 76.3 cm³/mol. The standard InChI is InChI=1S/C15H20N2O2/c1-11(2)15(19)9-17(10-15)14(18)7-6-12-4-3-5-13(16)8-12/h3-8,11,19H,9-10,16H2,1-2H3/b7-6+. The Balaban J connectivity index is 1.93. The van der Waals surface area contributed by atoms with Crippen LogP contribution in [0.25, 0.3) is 6.08 Å². The number of nitrogens with zero attached hydrogens (tertiary/aromatic N) is 1. The zero-order valence-corrected chi connectivity index (χ0v) is 11.3. The lowest BCUT2D eigenvalue weighted by Gasteiger charge is -2.48. The number of benzene rings is 1. The number of aliphatic hydroxyl groups is 1. The Morgan fingerprint density at radius 1 is 1.47 bits per heavy atom. The van der Waals surface area contributed by atoms with Crippen molar-refractivity contribution >= 4 is 17.7 Å². The number of β-amino-alcohol motifs (C(OH)–C–C–N with tert-alkyl or cyclic N) is 1. The highest BCUT2D eigenvalue weighted by Crippen LogP contribution is 2.28. The molecule has 0 aliphatic carbocycles. The van der Waals surface area contributed by atoms with Crippen LogP contribution >= 0.6 is 0 Å². The van der Waals surface area contributed by atoms with E-state index in [9.17, 15) is 9.90 Å². The van der Waals surface area contributed by atoms with Crippen LogP contribution in [0, 0.1) is 5.92 Å². The van der Waals surface area contributed by atoms with E-state index in [-0.39, 0.29) is 11.8 Å². The summed E-state index contributed by atoms with van der Waals surface area (Å²) in [6.45, 7) is 4.74. The Hall–Kier alpha value is -1.81. The molecular weight excluding hydrogens is 240 g/mol. The monoisotopic (exact) mass is 260 g/mol. The van der Waals surface area contributed by atoms with Gasteiger partial charge in [0.1, 0.15) is 5.60 Å². The Bertz CT molecular complexity index is 503. The maximum Gasteiger partial charge on any atom is 0.246 e. The second kappa shape index (κ2) is 5.05. The maximum absolute atomic E-state index is 11.9. The van der Waals surface area contributed by atoms with E-state index in [0.29, 0.717) is 18.8 Å². The fraction of sp³-hybridized carbons (Fsp3) is 0.400. The van der Waals surface area contributed by atoms with Gasteiger partial charge >= 0.3 is 0 Å². The summed E-state index contributed by atoms with van der Waals surface area (Å²) in [5, 5.41) is 10.1. The van der Waals surface area contributed by atoms with Gasteiger partial charge in [0, 0.05) is 11.8 Å². The van der Waals surface area contributed by atoms with E-state index < -0.39 is 5.60 Å². The molecule has 19 heavy (non-hydrogen) atoms. The van der Waals surface area contributed by atoms with Gasteiger partial charge in [0.25, 0.3) is 0 Å². The van der Waals surface area contributed by atoms with Gasteiger partial charge in [-0.3, -0.25) is 4.79 Å². The number of likely N-dealkylation sites (tertiary alicyclic amines) is 1. The molecule has 4 heteroatoms. The molecule has 1 aromatic rings. The first-order valence-electron chi connectivity index (χ1n) is 6.46. The fourth-order valence-electron chi connectivity index (χ4n) is 2.07. The molecular formula is C15H20N2O2. The van der Waals surface area contributed by atoms with E-state index >= 15 is 0 Å². The lowest BCUT2D eigenvalue weighted by atomic mass is 9.83. The van der Waals surface area contributed by atoms with Gasteiger partial charge in [-0.2, -0.15) is 0 Å². The SMILES string of the molecule is CC(C)C1(O)CN(C(=O)/C=C/c2cccc(N)c2)C1. The lowest BCUT2D eigenvalue weighted by molar-refractivity contribution is -0.158. The lowest BCUT2D eigenvalue weighted by Crippen LogP contribution is -2.65. The number of hydrogen-bond acceptors (Lipinski definition) is 3. The number of carbonyl (C=O) groups excluding carboxylic acids is 1. The van der Waals surface area contributed by atoms with Gasteiger partial charge in [-0.25, -0.2) is 0 Å². The molecule has 0 spiro atoms. The van der Waals surface area contributed by atoms with Gasteiger partial charge in [0.15, 0.2) is 0 Å². The average molecular weight is 260 g/mol. The first kappa shape index (κ1) is 13.6. The Kier molecular flexibility index (Phi) is 3.62. The molecule has 1 aromatic carbocycles. The van der Waals surface area contributed by atoms with Crippen molar-refractivity contribution in [1.29, 1.82) is 0 Å². The maximum atomic E-state index is 11.9. The smallest absolute Gasteiger partial charge is 0.246 e. The normalized spacial score (nSPS) is 17.8. The molecule has 1 aliphatic heterocycles. The number of amides is 1. The van der Waals surface area contributed by atoms with Crippen LogP contribution in [-0.2, 0) is 4.79 Å². The minimum Gasteiger partial charge on any atom is -0.399 e. The molecule has 4 nitrogen and oxygen atoms in total. The van der Waals surface area contributed by atoms with E-state index in [4.69, 9.17) is 5.73 Å². The van der Waals surface area contributed by atoms with Crippen molar-refractivity contribution in [3.63, 3.8) is 0 Å². The van der Waals surface area contributed by atoms with Crippen molar-refractivity contribution in [2.75, 3.05) is 18.8 Å². The topological polar surface area (TPSA) is 66.6 Å². The molecule has 1 fully saturated rings. The molecule has 0 aromatic heterocycles. The molecule has 1 amide bonds. The van der Waals surface area contributed by atoms with E-state index in [1.807, 2.05) is 32.0 Å². The minimum atomic E-state index is -0.722. The fourth-order valence-corrected chi connectivity index (χ4v) is 2.07. The Morgan fingerprint density at radius 3 is 2.74 bits per heavy atom. The van der Waals surface area contributed by atoms with Crippen molar-refractivity contribution in [3.8, 4) is 0 Å². The quantitative estimate of drug-likeness (QED) is 0.639. The first-order chi connectivity index (χ1) is 8.90. The molecule has 1 saturated heterocycles. The van der Waals surface area contributed by atoms with Gasteiger partial charge < -0.3 is 15.7 Å². The Labute approximate surface area is 113 Å². The molecule has 0 saturated carbocycles. The second-order valence-electron chi connectivity index (χ2n) is 5.46. The zero-order chi connectivity index (χ0) is 14.0. The highest BCUT2D eigenvalue weighted by Gasteiger charge is 2.45. The van der Waals surface area contributed by atoms with Crippen LogP contribution in [0.2, 0.25) is 0 Å². The summed E-state index contributed by atoms with van der Waals surface area (Å²) in [4.78, 5) is 13.5. The number of nitrogen functional groups attached to an aromatic ring is 1. The molecule has 2 rings (SSSR count). The number of anilines is 1. The molecule has 0 bridgehead atoms. The summed E-state index contributed by atoms with van der Waals surface area (Å²) in [5.41, 5.74) is 6.52. The number of nitrogens with two attached hydrogens (primary N) is 1. The van der Waals surface area contributed by atoms with Crippen LogP contribution in [0.5, 0.6) is 0 Å². The molecule has 0 atom stereocenters. The van der Waals surface area contributed by atoms with Crippen molar-refractivity contribution in [1.82, 2.24) is 4.90 Å². The highest BCUT2D eigenvalue weighted by atomic mass is 16.3. The summed E-state index contributed by atoms with van der Waals surface area (Å²) in [7, 11) is 0. The van der Waals surface area contributed by atoms with E-state index in [0.717, 1.165) is 5.56 Å². The third kappa shape index (κ3) is 2.96. The molecule has 3 N–H and O–H groups in total. The third-order valence-electron chi connectivity index (χ3n) is 3.64. The minimum absolute atomic E-state index is 0.0762. The van der Waals surface area contributed by atoms with Crippen molar-refractivity contribution in [2.45, 2.75) is 19.4 Å². The molecule has 1 aliphatic rings. The molecule has 0 unspecified atom stereocenters. The van der Waals surface area contributed by atoms with Crippen LogP contribution < -0.4 is 5.73 Å². The predicted octanol–water partition coefficient (Wildman–Crippen LogP) is 1.51. The van der Waals surface area contributed by atoms with Gasteiger partial charge in [-0.05, 0) is 29.7 Å². The van der Waals surface area contributed by atoms with E-state index in [1.165, 1.54) is 6.08 Å². The van der Waals surface area contributed by atoms with E-state index in [1.54, 1.807) is 17.0 Å². The third-order valence-corrected chi connectivity index (χ3v) is 3.64. The summed E-state index contributed by atoms with van der Waals surface area (Å²) in [5.74, 6) is 0.0854. The van der Waals surface area contributed by atoms with Crippen molar-refractivity contribution < 1.29 is 9.90 Å². The summed E-state index contributed by atoms with van der Waals surface area (Å²) >= 11 is 0. The van der Waals surface area contributed by atoms with Crippen molar-refractivity contribution in [3.05, 3.63) is 35.9 Å². The van der Waals surface area contributed by atoms with Crippen LogP contribution in [-0.4, -0.2) is 34.6 Å². The van der Waals surface area contributed by atoms with E-state index in [2.05, 4.69) is 0 Å². The van der Waals surface area contributed by atoms with Gasteiger partial charge in [0.05, 0.1) is 13.1 Å². The molecule has 102 valence electrons. The average Bonchev–Trinajstić information content (AvgIpc) is 2.32. The van der Waals surface area contributed by atoms with Gasteiger partial charge in [0.2, 0.25) is 5.91 Å². The zero-order valence-electron chi connectivity index (χ0n) is 11.3. The first-order valence-corrected chi connectivity index (χ1v) is 6.46. The number of carbonyl (C=O) groups is 1. The van der Waals surface area contributed by atoms with Crippen LogP contribution in [0.15, 0.2) is 30.3 Å². The van der Waals surface area contributed by atoms with Gasteiger partial charge in [-0.15, -0.1) is 0 Å². The van der Waals surface area contributed by atoms with Crippen LogP contribution in [0.3, 0.4) is 0 Å². The summed E-state index contributed by atoms with van der Waals surface area (Å²) in [6.07, 6.45) is 3.26. The Morgan fingerprint density at radius 2 is 2.16 bits per heavy atom. The van der Waals surface area contributed by atoms with Crippen LogP contribution in [0.1, 0.15) is 19.4 Å². The largest absolute Gasteiger partial charge is 0.399 e. The second-order valence-corrected chi connectivity index (χ2v) is 5.46. The molecule has 1 heterocycles. The summed E-state index contributed by atoms with van der Waals surface area (Å²) in [6, 6.07) is 7.35. The van der Waals surface area contributed by atoms with Crippen LogP contribution in [0.4, 0.5) is 5.69 Å². The summed E-state index contributed by atoms with van der Waals surface area (Å²) < 4.78 is 0. The molecule has 0 radical (unpaired) electrons. The van der Waals surface area contributed by atoms with Crippen molar-refractivity contribution in [2.24, 2.45) is 5.92 Å². The number of rotatable bonds is 3.